The van der Waals surface area contributed by atoms with Crippen LogP contribution in [0.2, 0.25) is 5.02 Å². The van der Waals surface area contributed by atoms with E-state index in [2.05, 4.69) is 10.3 Å². The molecule has 104 valence electrons. The number of benzene rings is 1. The Morgan fingerprint density at radius 1 is 1.40 bits per heavy atom. The Kier molecular flexibility index (Phi) is 3.14. The molecule has 1 aromatic heterocycles. The van der Waals surface area contributed by atoms with Gasteiger partial charge in [0, 0.05) is 22.0 Å². The molecule has 1 aliphatic carbocycles. The second-order valence-electron chi connectivity index (χ2n) is 4.97. The van der Waals surface area contributed by atoms with E-state index in [1.165, 1.54) is 0 Å². The fourth-order valence-corrected chi connectivity index (χ4v) is 2.42. The molecule has 1 amide bonds. The number of aromatic amines is 1. The maximum absolute atomic E-state index is 11.9. The van der Waals surface area contributed by atoms with E-state index in [0.29, 0.717) is 21.5 Å². The number of halogens is 1. The van der Waals surface area contributed by atoms with Crippen molar-refractivity contribution in [2.45, 2.75) is 25.3 Å². The molecule has 0 bridgehead atoms. The summed E-state index contributed by atoms with van der Waals surface area (Å²) in [5.41, 5.74) is 0.983. The van der Waals surface area contributed by atoms with Crippen molar-refractivity contribution in [2.24, 2.45) is 0 Å². The summed E-state index contributed by atoms with van der Waals surface area (Å²) in [5.74, 6) is -1.51. The van der Waals surface area contributed by atoms with Crippen LogP contribution in [0, 0.1) is 0 Å². The zero-order valence-corrected chi connectivity index (χ0v) is 11.3. The third-order valence-corrected chi connectivity index (χ3v) is 3.59. The normalized spacial score (nSPS) is 14.4. The van der Waals surface area contributed by atoms with Crippen LogP contribution in [0.4, 0.5) is 0 Å². The number of nitrogens with one attached hydrogen (secondary N) is 2. The van der Waals surface area contributed by atoms with Crippen molar-refractivity contribution < 1.29 is 14.7 Å². The molecule has 20 heavy (non-hydrogen) atoms. The lowest BCUT2D eigenvalue weighted by molar-refractivity contribution is -0.255. The number of aromatic nitrogens is 1. The van der Waals surface area contributed by atoms with Crippen LogP contribution in [0.1, 0.15) is 28.9 Å². The van der Waals surface area contributed by atoms with Crippen molar-refractivity contribution in [1.29, 1.82) is 0 Å². The Balaban J connectivity index is 2.00. The lowest BCUT2D eigenvalue weighted by Gasteiger charge is -2.06. The summed E-state index contributed by atoms with van der Waals surface area (Å²) in [4.78, 5) is 25.8. The summed E-state index contributed by atoms with van der Waals surface area (Å²) >= 11 is 5.93. The third kappa shape index (κ3) is 2.49. The molecule has 0 saturated heterocycles. The molecule has 2 N–H and O–H groups in total. The summed E-state index contributed by atoms with van der Waals surface area (Å²) in [5, 5.41) is 15.2. The van der Waals surface area contributed by atoms with Gasteiger partial charge in [0.05, 0.1) is 18.1 Å². The van der Waals surface area contributed by atoms with Crippen LogP contribution in [-0.2, 0) is 11.2 Å². The van der Waals surface area contributed by atoms with Gasteiger partial charge in [0.2, 0.25) is 5.91 Å². The van der Waals surface area contributed by atoms with Crippen LogP contribution >= 0.6 is 11.6 Å². The van der Waals surface area contributed by atoms with Gasteiger partial charge in [-0.3, -0.25) is 4.79 Å². The number of hydrogen-bond acceptors (Lipinski definition) is 3. The first-order valence-corrected chi connectivity index (χ1v) is 6.73. The molecule has 0 radical (unpaired) electrons. The molecule has 6 heteroatoms. The van der Waals surface area contributed by atoms with E-state index < -0.39 is 5.97 Å². The van der Waals surface area contributed by atoms with Crippen molar-refractivity contribution in [3.8, 4) is 0 Å². The molecule has 0 spiro atoms. The minimum absolute atomic E-state index is 0.000154. The Labute approximate surface area is 119 Å². The van der Waals surface area contributed by atoms with Crippen LogP contribution in [0.5, 0.6) is 0 Å². The summed E-state index contributed by atoms with van der Waals surface area (Å²) < 4.78 is 0. The first kappa shape index (κ1) is 13.0. The number of carbonyl (C=O) groups excluding carboxylic acids is 2. The van der Waals surface area contributed by atoms with Crippen LogP contribution in [0.3, 0.4) is 0 Å². The Morgan fingerprint density at radius 3 is 2.80 bits per heavy atom. The molecule has 1 heterocycles. The van der Waals surface area contributed by atoms with E-state index in [0.717, 1.165) is 12.8 Å². The quantitative estimate of drug-likeness (QED) is 0.881. The predicted octanol–water partition coefficient (Wildman–Crippen LogP) is 1.01. The van der Waals surface area contributed by atoms with Gasteiger partial charge in [0.25, 0.3) is 0 Å². The number of amides is 1. The molecule has 0 unspecified atom stereocenters. The number of H-pyrrole nitrogens is 1. The smallest absolute Gasteiger partial charge is 0.224 e. The first-order chi connectivity index (χ1) is 9.54. The standard InChI is InChI=1S/C14H13ClN2O3/c15-7-1-4-11-9(5-7)10(13(17-11)14(19)20)6-12(18)16-8-2-3-8/h1,4-5,8,17H,2-3,6H2,(H,16,18)(H,19,20)/p-1. The highest BCUT2D eigenvalue weighted by atomic mass is 35.5. The van der Waals surface area contributed by atoms with Crippen molar-refractivity contribution in [2.75, 3.05) is 0 Å². The average molecular weight is 292 g/mol. The molecule has 5 nitrogen and oxygen atoms in total. The lowest BCUT2D eigenvalue weighted by Crippen LogP contribution is -2.29. The molecule has 0 atom stereocenters. The zero-order chi connectivity index (χ0) is 14.3. The van der Waals surface area contributed by atoms with E-state index in [1.807, 2.05) is 0 Å². The predicted molar refractivity (Wildman–Crippen MR) is 72.5 cm³/mol. The Morgan fingerprint density at radius 2 is 2.15 bits per heavy atom. The number of carbonyl (C=O) groups is 2. The van der Waals surface area contributed by atoms with Crippen LogP contribution in [0.15, 0.2) is 18.2 Å². The molecule has 0 aliphatic heterocycles. The summed E-state index contributed by atoms with van der Waals surface area (Å²) in [6.45, 7) is 0. The Hall–Kier alpha value is -2.01. The molecule has 1 saturated carbocycles. The van der Waals surface area contributed by atoms with E-state index in [-0.39, 0.29) is 24.1 Å². The van der Waals surface area contributed by atoms with Crippen molar-refractivity contribution in [3.05, 3.63) is 34.5 Å². The third-order valence-electron chi connectivity index (χ3n) is 3.35. The maximum atomic E-state index is 11.9. The number of carboxylic acid groups (broad SMARTS) is 1. The van der Waals surface area contributed by atoms with E-state index >= 15 is 0 Å². The number of aromatic carboxylic acids is 1. The van der Waals surface area contributed by atoms with Gasteiger partial charge in [-0.25, -0.2) is 0 Å². The Bertz CT molecular complexity index is 704. The van der Waals surface area contributed by atoms with Gasteiger partial charge in [-0.05, 0) is 36.6 Å². The molecular weight excluding hydrogens is 280 g/mol. The van der Waals surface area contributed by atoms with Gasteiger partial charge < -0.3 is 20.2 Å². The number of carboxylic acids is 1. The summed E-state index contributed by atoms with van der Waals surface area (Å²) in [6, 6.07) is 5.24. The summed E-state index contributed by atoms with van der Waals surface area (Å²) in [6.07, 6.45) is 1.97. The zero-order valence-electron chi connectivity index (χ0n) is 10.5. The monoisotopic (exact) mass is 291 g/mol. The SMILES string of the molecule is O=C(Cc1c(C(=O)[O-])[nH]c2ccc(Cl)cc12)NC1CC1. The largest absolute Gasteiger partial charge is 0.543 e. The topological polar surface area (TPSA) is 85.0 Å². The highest BCUT2D eigenvalue weighted by Gasteiger charge is 2.24. The average Bonchev–Trinajstić information content (AvgIpc) is 3.11. The fraction of sp³-hybridized carbons (Fsp3) is 0.286. The van der Waals surface area contributed by atoms with Crippen LogP contribution in [0.25, 0.3) is 10.9 Å². The maximum Gasteiger partial charge on any atom is 0.224 e. The second-order valence-corrected chi connectivity index (χ2v) is 5.41. The van der Waals surface area contributed by atoms with Gasteiger partial charge in [0.1, 0.15) is 0 Å². The van der Waals surface area contributed by atoms with Gasteiger partial charge >= 0.3 is 0 Å². The van der Waals surface area contributed by atoms with E-state index in [4.69, 9.17) is 11.6 Å². The van der Waals surface area contributed by atoms with Crippen LogP contribution < -0.4 is 10.4 Å². The van der Waals surface area contributed by atoms with Gasteiger partial charge in [-0.15, -0.1) is 0 Å². The molecule has 1 aromatic carbocycles. The van der Waals surface area contributed by atoms with E-state index in [9.17, 15) is 14.7 Å². The van der Waals surface area contributed by atoms with Gasteiger partial charge in [-0.1, -0.05) is 11.6 Å². The van der Waals surface area contributed by atoms with Crippen molar-refractivity contribution in [1.82, 2.24) is 10.3 Å². The van der Waals surface area contributed by atoms with Gasteiger partial charge in [0.15, 0.2) is 0 Å². The summed E-state index contributed by atoms with van der Waals surface area (Å²) in [7, 11) is 0. The first-order valence-electron chi connectivity index (χ1n) is 6.35. The molecule has 1 fully saturated rings. The number of hydrogen-bond donors (Lipinski definition) is 2. The highest BCUT2D eigenvalue weighted by molar-refractivity contribution is 6.31. The second kappa shape index (κ2) is 4.83. The lowest BCUT2D eigenvalue weighted by atomic mass is 10.1. The van der Waals surface area contributed by atoms with Crippen molar-refractivity contribution in [3.63, 3.8) is 0 Å². The highest BCUT2D eigenvalue weighted by Crippen LogP contribution is 2.26. The molecule has 3 rings (SSSR count). The number of fused-ring (bicyclic) bond motifs is 1. The minimum Gasteiger partial charge on any atom is -0.543 e. The van der Waals surface area contributed by atoms with Crippen LogP contribution in [-0.4, -0.2) is 22.9 Å². The fourth-order valence-electron chi connectivity index (χ4n) is 2.24. The van der Waals surface area contributed by atoms with E-state index in [1.54, 1.807) is 18.2 Å². The molecule has 2 aromatic rings. The van der Waals surface area contributed by atoms with Crippen molar-refractivity contribution >= 4 is 34.4 Å². The molecular formula is C14H12ClN2O3-. The number of rotatable bonds is 4. The minimum atomic E-state index is -1.33. The molecule has 1 aliphatic rings. The van der Waals surface area contributed by atoms with Gasteiger partial charge in [-0.2, -0.15) is 0 Å².